The maximum Gasteiger partial charge on any atom is 0.417 e. The summed E-state index contributed by atoms with van der Waals surface area (Å²) in [6.45, 7) is 3.93. The van der Waals surface area contributed by atoms with Crippen molar-refractivity contribution in [3.05, 3.63) is 34.3 Å². The van der Waals surface area contributed by atoms with E-state index in [-0.39, 0.29) is 5.54 Å². The zero-order chi connectivity index (χ0) is 11.1. The molecular weight excluding hydrogens is 192 g/mol. The van der Waals surface area contributed by atoms with Crippen molar-refractivity contribution in [2.45, 2.75) is 25.8 Å². The molecule has 0 aliphatic rings. The summed E-state index contributed by atoms with van der Waals surface area (Å²) in [4.78, 5) is 13.5. The number of H-pyrrole nitrogens is 1. The van der Waals surface area contributed by atoms with Crippen LogP contribution in [0.15, 0.2) is 27.4 Å². The average Bonchev–Trinajstić information content (AvgIpc) is 2.40. The van der Waals surface area contributed by atoms with Gasteiger partial charge in [0.25, 0.3) is 0 Å². The molecule has 3 N–H and O–H groups in total. The van der Waals surface area contributed by atoms with Gasteiger partial charge in [0.15, 0.2) is 5.58 Å². The van der Waals surface area contributed by atoms with Gasteiger partial charge in [-0.1, -0.05) is 6.07 Å². The highest BCUT2D eigenvalue weighted by Crippen LogP contribution is 2.16. The van der Waals surface area contributed by atoms with Crippen LogP contribution in [-0.4, -0.2) is 10.5 Å². The molecule has 1 heterocycles. The quantitative estimate of drug-likeness (QED) is 0.780. The molecule has 0 saturated heterocycles. The first-order valence-corrected chi connectivity index (χ1v) is 4.85. The molecule has 0 saturated carbocycles. The van der Waals surface area contributed by atoms with Gasteiger partial charge in [-0.05, 0) is 38.0 Å². The lowest BCUT2D eigenvalue weighted by molar-refractivity contribution is 0.515. The molecule has 1 aromatic heterocycles. The predicted molar refractivity (Wildman–Crippen MR) is 58.8 cm³/mol. The fraction of sp³-hybridized carbons (Fsp3) is 0.364. The Morgan fingerprint density at radius 1 is 1.47 bits per heavy atom. The first kappa shape index (κ1) is 9.98. The fourth-order valence-electron chi connectivity index (χ4n) is 1.63. The van der Waals surface area contributed by atoms with E-state index in [1.54, 1.807) is 0 Å². The summed E-state index contributed by atoms with van der Waals surface area (Å²) in [5.41, 5.74) is 8.03. The number of aromatic amines is 1. The van der Waals surface area contributed by atoms with Gasteiger partial charge in [0.1, 0.15) is 0 Å². The van der Waals surface area contributed by atoms with E-state index >= 15 is 0 Å². The number of hydrogen-bond acceptors (Lipinski definition) is 3. The summed E-state index contributed by atoms with van der Waals surface area (Å²) in [6, 6.07) is 5.63. The third-order valence-corrected chi connectivity index (χ3v) is 2.15. The molecule has 0 amide bonds. The van der Waals surface area contributed by atoms with Crippen LogP contribution in [0.25, 0.3) is 11.1 Å². The Hall–Kier alpha value is -1.55. The minimum absolute atomic E-state index is 0.260. The van der Waals surface area contributed by atoms with Gasteiger partial charge in [0, 0.05) is 5.54 Å². The number of rotatable bonds is 2. The molecule has 0 aliphatic heterocycles. The van der Waals surface area contributed by atoms with Crippen LogP contribution in [0.4, 0.5) is 0 Å². The Labute approximate surface area is 87.1 Å². The van der Waals surface area contributed by atoms with E-state index < -0.39 is 5.76 Å². The highest BCUT2D eigenvalue weighted by Gasteiger charge is 2.12. The van der Waals surface area contributed by atoms with Crippen LogP contribution in [-0.2, 0) is 6.42 Å². The van der Waals surface area contributed by atoms with Crippen LogP contribution in [0.1, 0.15) is 19.4 Å². The Balaban J connectivity index is 2.42. The lowest BCUT2D eigenvalue weighted by Gasteiger charge is -2.17. The van der Waals surface area contributed by atoms with E-state index in [1.807, 2.05) is 32.0 Å². The van der Waals surface area contributed by atoms with Crippen LogP contribution < -0.4 is 11.5 Å². The normalized spacial score (nSPS) is 12.2. The predicted octanol–water partition coefficient (Wildman–Crippen LogP) is 1.40. The van der Waals surface area contributed by atoms with Crippen LogP contribution in [0.5, 0.6) is 0 Å². The molecule has 2 aromatic rings. The Bertz CT molecular complexity index is 531. The first-order chi connectivity index (χ1) is 6.94. The molecule has 15 heavy (non-hydrogen) atoms. The number of nitrogens with one attached hydrogen (secondary N) is 1. The van der Waals surface area contributed by atoms with Crippen molar-refractivity contribution in [1.29, 1.82) is 0 Å². The van der Waals surface area contributed by atoms with E-state index in [1.165, 1.54) is 0 Å². The fourth-order valence-corrected chi connectivity index (χ4v) is 1.63. The molecule has 0 aliphatic carbocycles. The maximum atomic E-state index is 10.9. The molecule has 4 heteroatoms. The number of benzene rings is 1. The van der Waals surface area contributed by atoms with E-state index in [4.69, 9.17) is 10.2 Å². The zero-order valence-corrected chi connectivity index (χ0v) is 8.83. The van der Waals surface area contributed by atoms with Crippen molar-refractivity contribution < 1.29 is 4.42 Å². The molecule has 0 bridgehead atoms. The minimum atomic E-state index is -0.422. The molecule has 0 spiro atoms. The van der Waals surface area contributed by atoms with E-state index in [0.29, 0.717) is 5.58 Å². The summed E-state index contributed by atoms with van der Waals surface area (Å²) >= 11 is 0. The molecular formula is C11H14N2O2. The van der Waals surface area contributed by atoms with Crippen molar-refractivity contribution in [1.82, 2.24) is 4.98 Å². The molecule has 0 unspecified atom stereocenters. The molecule has 0 atom stereocenters. The number of hydrogen-bond donors (Lipinski definition) is 2. The van der Waals surface area contributed by atoms with E-state index in [0.717, 1.165) is 17.5 Å². The third-order valence-electron chi connectivity index (χ3n) is 2.15. The summed E-state index contributed by atoms with van der Waals surface area (Å²) < 4.78 is 4.97. The second-order valence-electron chi connectivity index (χ2n) is 4.51. The second kappa shape index (κ2) is 3.24. The van der Waals surface area contributed by atoms with E-state index in [9.17, 15) is 4.79 Å². The highest BCUT2D eigenvalue weighted by atomic mass is 16.4. The number of aromatic nitrogens is 1. The smallest absolute Gasteiger partial charge is 0.408 e. The van der Waals surface area contributed by atoms with Gasteiger partial charge < -0.3 is 10.2 Å². The molecule has 0 fully saturated rings. The summed E-state index contributed by atoms with van der Waals surface area (Å²) in [5.74, 6) is -0.422. The first-order valence-electron chi connectivity index (χ1n) is 4.85. The molecule has 0 radical (unpaired) electrons. The van der Waals surface area contributed by atoms with Crippen molar-refractivity contribution in [3.63, 3.8) is 0 Å². The molecule has 1 aromatic carbocycles. The third kappa shape index (κ3) is 2.27. The minimum Gasteiger partial charge on any atom is -0.408 e. The Morgan fingerprint density at radius 3 is 2.87 bits per heavy atom. The van der Waals surface area contributed by atoms with Gasteiger partial charge in [-0.15, -0.1) is 0 Å². The highest BCUT2D eigenvalue weighted by molar-refractivity contribution is 5.72. The SMILES string of the molecule is CC(C)(N)Cc1ccc2[nH]c(=O)oc2c1. The summed E-state index contributed by atoms with van der Waals surface area (Å²) in [5, 5.41) is 0. The second-order valence-corrected chi connectivity index (χ2v) is 4.51. The van der Waals surface area contributed by atoms with Crippen LogP contribution in [0.2, 0.25) is 0 Å². The zero-order valence-electron chi connectivity index (χ0n) is 8.83. The van der Waals surface area contributed by atoms with Crippen molar-refractivity contribution in [2.24, 2.45) is 5.73 Å². The topological polar surface area (TPSA) is 72.0 Å². The van der Waals surface area contributed by atoms with Crippen LogP contribution in [0, 0.1) is 0 Å². The molecule has 80 valence electrons. The van der Waals surface area contributed by atoms with Gasteiger partial charge >= 0.3 is 5.76 Å². The average molecular weight is 206 g/mol. The Kier molecular flexibility index (Phi) is 2.16. The number of oxazole rings is 1. The van der Waals surface area contributed by atoms with Gasteiger partial charge in [-0.25, -0.2) is 4.79 Å². The summed E-state index contributed by atoms with van der Waals surface area (Å²) in [7, 11) is 0. The van der Waals surface area contributed by atoms with E-state index in [2.05, 4.69) is 4.98 Å². The van der Waals surface area contributed by atoms with Crippen molar-refractivity contribution >= 4 is 11.1 Å². The van der Waals surface area contributed by atoms with Crippen LogP contribution in [0.3, 0.4) is 0 Å². The number of nitrogens with two attached hydrogens (primary N) is 1. The lowest BCUT2D eigenvalue weighted by Crippen LogP contribution is -2.34. The van der Waals surface area contributed by atoms with Crippen molar-refractivity contribution in [3.8, 4) is 0 Å². The van der Waals surface area contributed by atoms with Gasteiger partial charge in [-0.3, -0.25) is 4.98 Å². The van der Waals surface area contributed by atoms with Crippen LogP contribution >= 0.6 is 0 Å². The number of fused-ring (bicyclic) bond motifs is 1. The monoisotopic (exact) mass is 206 g/mol. The lowest BCUT2D eigenvalue weighted by atomic mass is 9.96. The van der Waals surface area contributed by atoms with Crippen molar-refractivity contribution in [2.75, 3.05) is 0 Å². The van der Waals surface area contributed by atoms with Gasteiger partial charge in [0.05, 0.1) is 5.52 Å². The van der Waals surface area contributed by atoms with Gasteiger partial charge in [0.2, 0.25) is 0 Å². The maximum absolute atomic E-state index is 10.9. The molecule has 4 nitrogen and oxygen atoms in total. The standard InChI is InChI=1S/C11H14N2O2/c1-11(2,12)6-7-3-4-8-9(5-7)15-10(14)13-8/h3-5H,6,12H2,1-2H3,(H,13,14). The van der Waals surface area contributed by atoms with Gasteiger partial charge in [-0.2, -0.15) is 0 Å². The summed E-state index contributed by atoms with van der Waals surface area (Å²) in [6.07, 6.45) is 0.748. The Morgan fingerprint density at radius 2 is 2.20 bits per heavy atom. The largest absolute Gasteiger partial charge is 0.417 e. The molecule has 2 rings (SSSR count).